The lowest BCUT2D eigenvalue weighted by atomic mass is 10.3. The van der Waals surface area contributed by atoms with Gasteiger partial charge in [0.1, 0.15) is 0 Å². The van der Waals surface area contributed by atoms with Crippen molar-refractivity contribution in [1.29, 1.82) is 0 Å². The Morgan fingerprint density at radius 1 is 1.33 bits per heavy atom. The minimum atomic E-state index is -0.0236. The smallest absolute Gasteiger partial charge is 0.199 e. The standard InChI is InChI=1S/C15H18N4OS/c1-11-14(13(20)7-9-18(2)3)21-15(17-11)19(4)12-6-5-8-16-10-12/h5-10H,1-4H3. The van der Waals surface area contributed by atoms with Gasteiger partial charge in [-0.2, -0.15) is 0 Å². The number of ketones is 1. The van der Waals surface area contributed by atoms with Crippen LogP contribution in [0, 0.1) is 6.92 Å². The van der Waals surface area contributed by atoms with Crippen molar-refractivity contribution < 1.29 is 4.79 Å². The summed E-state index contributed by atoms with van der Waals surface area (Å²) in [6.07, 6.45) is 6.80. The molecule has 2 rings (SSSR count). The molecule has 2 heterocycles. The predicted molar refractivity (Wildman–Crippen MR) is 86.3 cm³/mol. The van der Waals surface area contributed by atoms with Gasteiger partial charge in [0, 0.05) is 39.6 Å². The van der Waals surface area contributed by atoms with Gasteiger partial charge in [-0.05, 0) is 19.1 Å². The maximum absolute atomic E-state index is 12.2. The first kappa shape index (κ1) is 15.2. The fourth-order valence-corrected chi connectivity index (χ4v) is 2.68. The normalized spacial score (nSPS) is 10.9. The molecular formula is C15H18N4OS. The minimum Gasteiger partial charge on any atom is -0.383 e. The maximum Gasteiger partial charge on any atom is 0.199 e. The van der Waals surface area contributed by atoms with Crippen LogP contribution in [-0.4, -0.2) is 41.8 Å². The van der Waals surface area contributed by atoms with Gasteiger partial charge in [0.25, 0.3) is 0 Å². The molecule has 0 aliphatic rings. The third kappa shape index (κ3) is 3.66. The van der Waals surface area contributed by atoms with Crippen molar-refractivity contribution in [2.75, 3.05) is 26.0 Å². The van der Waals surface area contributed by atoms with Gasteiger partial charge in [-0.3, -0.25) is 9.78 Å². The topological polar surface area (TPSA) is 49.3 Å². The molecule has 2 aromatic heterocycles. The van der Waals surface area contributed by atoms with Crippen molar-refractivity contribution in [3.8, 4) is 0 Å². The number of hydrogen-bond donors (Lipinski definition) is 0. The number of carbonyl (C=O) groups is 1. The van der Waals surface area contributed by atoms with Gasteiger partial charge in [0.15, 0.2) is 10.9 Å². The molecule has 110 valence electrons. The summed E-state index contributed by atoms with van der Waals surface area (Å²) in [6.45, 7) is 1.85. The second-order valence-electron chi connectivity index (χ2n) is 4.82. The van der Waals surface area contributed by atoms with Crippen LogP contribution in [0.3, 0.4) is 0 Å². The summed E-state index contributed by atoms with van der Waals surface area (Å²) < 4.78 is 0. The fraction of sp³-hybridized carbons (Fsp3) is 0.267. The van der Waals surface area contributed by atoms with E-state index in [-0.39, 0.29) is 5.78 Å². The fourth-order valence-electron chi connectivity index (χ4n) is 1.71. The predicted octanol–water partition coefficient (Wildman–Crippen LogP) is 2.87. The van der Waals surface area contributed by atoms with Gasteiger partial charge in [-0.25, -0.2) is 4.98 Å². The molecular weight excluding hydrogens is 284 g/mol. The van der Waals surface area contributed by atoms with Crippen LogP contribution in [0.4, 0.5) is 10.8 Å². The largest absolute Gasteiger partial charge is 0.383 e. The van der Waals surface area contributed by atoms with E-state index < -0.39 is 0 Å². The Morgan fingerprint density at radius 3 is 2.71 bits per heavy atom. The molecule has 0 spiro atoms. The highest BCUT2D eigenvalue weighted by molar-refractivity contribution is 7.17. The van der Waals surface area contributed by atoms with Crippen molar-refractivity contribution in [3.63, 3.8) is 0 Å². The van der Waals surface area contributed by atoms with Crippen molar-refractivity contribution in [2.24, 2.45) is 0 Å². The van der Waals surface area contributed by atoms with Crippen LogP contribution in [0.25, 0.3) is 0 Å². The van der Waals surface area contributed by atoms with E-state index in [1.807, 2.05) is 50.0 Å². The van der Waals surface area contributed by atoms with Crippen LogP contribution in [-0.2, 0) is 0 Å². The van der Waals surface area contributed by atoms with Gasteiger partial charge in [0.05, 0.1) is 22.5 Å². The van der Waals surface area contributed by atoms with Crippen LogP contribution < -0.4 is 4.90 Å². The van der Waals surface area contributed by atoms with E-state index in [0.717, 1.165) is 16.5 Å². The number of aryl methyl sites for hydroxylation is 1. The lowest BCUT2D eigenvalue weighted by Gasteiger charge is -2.14. The molecule has 5 nitrogen and oxygen atoms in total. The summed E-state index contributed by atoms with van der Waals surface area (Å²) in [7, 11) is 5.68. The van der Waals surface area contributed by atoms with Gasteiger partial charge < -0.3 is 9.80 Å². The van der Waals surface area contributed by atoms with Gasteiger partial charge in [-0.1, -0.05) is 11.3 Å². The second kappa shape index (κ2) is 6.49. The van der Waals surface area contributed by atoms with Crippen molar-refractivity contribution >= 4 is 27.9 Å². The van der Waals surface area contributed by atoms with Crippen LogP contribution in [0.5, 0.6) is 0 Å². The highest BCUT2D eigenvalue weighted by Gasteiger charge is 2.16. The first-order valence-electron chi connectivity index (χ1n) is 6.49. The number of carbonyl (C=O) groups excluding carboxylic acids is 1. The van der Waals surface area contributed by atoms with Gasteiger partial charge in [-0.15, -0.1) is 0 Å². The Bertz CT molecular complexity index is 649. The number of rotatable bonds is 5. The number of nitrogens with zero attached hydrogens (tertiary/aromatic N) is 4. The Balaban J connectivity index is 2.25. The highest BCUT2D eigenvalue weighted by atomic mass is 32.1. The Morgan fingerprint density at radius 2 is 2.10 bits per heavy atom. The molecule has 0 amide bonds. The first-order chi connectivity index (χ1) is 9.99. The van der Waals surface area contributed by atoms with E-state index in [0.29, 0.717) is 4.88 Å². The number of pyridine rings is 1. The Kier molecular flexibility index (Phi) is 4.70. The monoisotopic (exact) mass is 302 g/mol. The molecule has 0 aliphatic heterocycles. The van der Waals surface area contributed by atoms with Gasteiger partial charge >= 0.3 is 0 Å². The van der Waals surface area contributed by atoms with E-state index >= 15 is 0 Å². The maximum atomic E-state index is 12.2. The molecule has 0 atom stereocenters. The average molecular weight is 302 g/mol. The molecule has 21 heavy (non-hydrogen) atoms. The van der Waals surface area contributed by atoms with Crippen LogP contribution >= 0.6 is 11.3 Å². The molecule has 0 fully saturated rings. The van der Waals surface area contributed by atoms with Gasteiger partial charge in [0.2, 0.25) is 0 Å². The zero-order valence-electron chi connectivity index (χ0n) is 12.6. The van der Waals surface area contributed by atoms with Crippen LogP contribution in [0.15, 0.2) is 36.8 Å². The average Bonchev–Trinajstić information content (AvgIpc) is 2.87. The lowest BCUT2D eigenvalue weighted by molar-refractivity contribution is 0.104. The molecule has 0 saturated heterocycles. The van der Waals surface area contributed by atoms with Crippen molar-refractivity contribution in [1.82, 2.24) is 14.9 Å². The molecule has 0 saturated carbocycles. The second-order valence-corrected chi connectivity index (χ2v) is 5.80. The third-order valence-corrected chi connectivity index (χ3v) is 4.10. The molecule has 0 bridgehead atoms. The summed E-state index contributed by atoms with van der Waals surface area (Å²) in [5.41, 5.74) is 1.69. The first-order valence-corrected chi connectivity index (χ1v) is 7.31. The zero-order chi connectivity index (χ0) is 15.4. The number of thiazole rings is 1. The van der Waals surface area contributed by atoms with Crippen LogP contribution in [0.1, 0.15) is 15.4 Å². The lowest BCUT2D eigenvalue weighted by Crippen LogP contribution is -2.08. The molecule has 2 aromatic rings. The number of allylic oxidation sites excluding steroid dienone is 1. The summed E-state index contributed by atoms with van der Waals surface area (Å²) >= 11 is 1.39. The van der Waals surface area contributed by atoms with E-state index in [1.165, 1.54) is 11.3 Å². The molecule has 0 radical (unpaired) electrons. The van der Waals surface area contributed by atoms with Crippen molar-refractivity contribution in [3.05, 3.63) is 47.4 Å². The summed E-state index contributed by atoms with van der Waals surface area (Å²) in [6, 6.07) is 3.83. The van der Waals surface area contributed by atoms with E-state index in [2.05, 4.69) is 9.97 Å². The van der Waals surface area contributed by atoms with E-state index in [9.17, 15) is 4.79 Å². The summed E-state index contributed by atoms with van der Waals surface area (Å²) in [5.74, 6) is -0.0236. The molecule has 0 aliphatic carbocycles. The highest BCUT2D eigenvalue weighted by Crippen LogP contribution is 2.30. The van der Waals surface area contributed by atoms with E-state index in [4.69, 9.17) is 0 Å². The quantitative estimate of drug-likeness (QED) is 0.628. The molecule has 0 unspecified atom stereocenters. The van der Waals surface area contributed by atoms with E-state index in [1.54, 1.807) is 24.7 Å². The molecule has 0 aromatic carbocycles. The third-order valence-electron chi connectivity index (χ3n) is 2.85. The minimum absolute atomic E-state index is 0.0236. The Hall–Kier alpha value is -2.21. The number of aromatic nitrogens is 2. The summed E-state index contributed by atoms with van der Waals surface area (Å²) in [5, 5.41) is 0.780. The van der Waals surface area contributed by atoms with Crippen molar-refractivity contribution in [2.45, 2.75) is 6.92 Å². The molecule has 0 N–H and O–H groups in total. The zero-order valence-corrected chi connectivity index (χ0v) is 13.4. The molecule has 6 heteroatoms. The Labute approximate surface area is 128 Å². The SMILES string of the molecule is Cc1nc(N(C)c2cccnc2)sc1C(=O)C=CN(C)C. The van der Waals surface area contributed by atoms with Crippen LogP contribution in [0.2, 0.25) is 0 Å². The number of anilines is 2. The summed E-state index contributed by atoms with van der Waals surface area (Å²) in [4.78, 5) is 25.2. The number of hydrogen-bond acceptors (Lipinski definition) is 6.